The molecule has 84 valence electrons. The van der Waals surface area contributed by atoms with Crippen LogP contribution >= 0.6 is 11.3 Å². The number of nitrogen functional groups attached to an aromatic ring is 1. The summed E-state index contributed by atoms with van der Waals surface area (Å²) in [5, 5.41) is 0.687. The summed E-state index contributed by atoms with van der Waals surface area (Å²) in [6.45, 7) is 2.09. The molecule has 3 heteroatoms. The van der Waals surface area contributed by atoms with E-state index in [4.69, 9.17) is 5.73 Å². The van der Waals surface area contributed by atoms with E-state index in [0.717, 1.165) is 19.3 Å². The fraction of sp³-hybridized carbons (Fsp3) is 0.308. The highest BCUT2D eigenvalue weighted by Gasteiger charge is 2.04. The molecule has 0 spiro atoms. The second-order valence-electron chi connectivity index (χ2n) is 3.89. The molecule has 0 saturated heterocycles. The Hall–Kier alpha value is -1.35. The lowest BCUT2D eigenvalue weighted by Gasteiger charge is -2.00. The minimum Gasteiger partial charge on any atom is -0.375 e. The fourth-order valence-corrected chi connectivity index (χ4v) is 2.52. The predicted molar refractivity (Wildman–Crippen MR) is 69.7 cm³/mol. The van der Waals surface area contributed by atoms with Crippen LogP contribution in [0.25, 0.3) is 0 Å². The molecule has 0 radical (unpaired) electrons. The number of rotatable bonds is 4. The Morgan fingerprint density at radius 3 is 2.56 bits per heavy atom. The molecular weight excluding hydrogens is 216 g/mol. The first-order valence-electron chi connectivity index (χ1n) is 5.51. The van der Waals surface area contributed by atoms with Gasteiger partial charge in [0.2, 0.25) is 0 Å². The first kappa shape index (κ1) is 11.1. The molecule has 0 aliphatic heterocycles. The minimum atomic E-state index is 0.687. The SMILES string of the molecule is Cc1sc(N)nc1CCCc1ccccc1. The molecule has 2 aromatic rings. The lowest BCUT2D eigenvalue weighted by molar-refractivity contribution is 0.801. The van der Waals surface area contributed by atoms with E-state index in [0.29, 0.717) is 5.13 Å². The van der Waals surface area contributed by atoms with Crippen molar-refractivity contribution in [3.8, 4) is 0 Å². The van der Waals surface area contributed by atoms with Crippen LogP contribution in [0.1, 0.15) is 22.6 Å². The van der Waals surface area contributed by atoms with Gasteiger partial charge in [0.05, 0.1) is 5.69 Å². The van der Waals surface area contributed by atoms with Gasteiger partial charge in [-0.05, 0) is 31.7 Å². The standard InChI is InChI=1S/C13H16N2S/c1-10-12(15-13(14)16-10)9-5-8-11-6-3-2-4-7-11/h2-4,6-7H,5,8-9H2,1H3,(H2,14,15). The highest BCUT2D eigenvalue weighted by atomic mass is 32.1. The summed E-state index contributed by atoms with van der Waals surface area (Å²) in [4.78, 5) is 5.59. The van der Waals surface area contributed by atoms with Crippen LogP contribution in [0.5, 0.6) is 0 Å². The van der Waals surface area contributed by atoms with Crippen LogP contribution in [0.4, 0.5) is 5.13 Å². The van der Waals surface area contributed by atoms with Gasteiger partial charge in [-0.2, -0.15) is 0 Å². The third-order valence-corrected chi connectivity index (χ3v) is 3.47. The summed E-state index contributed by atoms with van der Waals surface area (Å²) < 4.78 is 0. The lowest BCUT2D eigenvalue weighted by atomic mass is 10.1. The van der Waals surface area contributed by atoms with Crippen LogP contribution in [0.2, 0.25) is 0 Å². The van der Waals surface area contributed by atoms with Gasteiger partial charge in [0.1, 0.15) is 0 Å². The van der Waals surface area contributed by atoms with Crippen molar-refractivity contribution in [2.45, 2.75) is 26.2 Å². The Labute approximate surface area is 100 Å². The number of aryl methyl sites for hydroxylation is 3. The number of thiazole rings is 1. The fourth-order valence-electron chi connectivity index (χ4n) is 1.79. The largest absolute Gasteiger partial charge is 0.375 e. The van der Waals surface area contributed by atoms with Gasteiger partial charge in [-0.1, -0.05) is 30.3 Å². The summed E-state index contributed by atoms with van der Waals surface area (Å²) in [5.74, 6) is 0. The van der Waals surface area contributed by atoms with Gasteiger partial charge in [-0.25, -0.2) is 4.98 Å². The van der Waals surface area contributed by atoms with Gasteiger partial charge in [0, 0.05) is 4.88 Å². The van der Waals surface area contributed by atoms with Gasteiger partial charge >= 0.3 is 0 Å². The maximum atomic E-state index is 5.67. The number of anilines is 1. The summed E-state index contributed by atoms with van der Waals surface area (Å²) in [7, 11) is 0. The maximum absolute atomic E-state index is 5.67. The Morgan fingerprint density at radius 1 is 1.19 bits per heavy atom. The molecular formula is C13H16N2S. The minimum absolute atomic E-state index is 0.687. The Bertz CT molecular complexity index is 448. The van der Waals surface area contributed by atoms with Crippen LogP contribution in [-0.4, -0.2) is 4.98 Å². The third kappa shape index (κ3) is 2.83. The van der Waals surface area contributed by atoms with E-state index in [2.05, 4.69) is 42.2 Å². The topological polar surface area (TPSA) is 38.9 Å². The molecule has 0 aliphatic carbocycles. The highest BCUT2D eigenvalue weighted by molar-refractivity contribution is 7.15. The monoisotopic (exact) mass is 232 g/mol. The Kier molecular flexibility index (Phi) is 3.57. The smallest absolute Gasteiger partial charge is 0.180 e. The molecule has 2 nitrogen and oxygen atoms in total. The molecule has 0 fully saturated rings. The van der Waals surface area contributed by atoms with Gasteiger partial charge in [-0.15, -0.1) is 11.3 Å². The number of aromatic nitrogens is 1. The van der Waals surface area contributed by atoms with Crippen molar-refractivity contribution in [3.05, 3.63) is 46.5 Å². The first-order chi connectivity index (χ1) is 7.75. The molecule has 1 aromatic heterocycles. The molecule has 0 saturated carbocycles. The van der Waals surface area contributed by atoms with E-state index in [1.165, 1.54) is 16.1 Å². The lowest BCUT2D eigenvalue weighted by Crippen LogP contribution is -1.92. The van der Waals surface area contributed by atoms with Crippen molar-refractivity contribution in [3.63, 3.8) is 0 Å². The quantitative estimate of drug-likeness (QED) is 0.879. The molecule has 0 bridgehead atoms. The Balaban J connectivity index is 1.87. The molecule has 0 atom stereocenters. The van der Waals surface area contributed by atoms with Gasteiger partial charge in [0.15, 0.2) is 5.13 Å². The second kappa shape index (κ2) is 5.12. The number of benzene rings is 1. The van der Waals surface area contributed by atoms with E-state index in [-0.39, 0.29) is 0 Å². The Morgan fingerprint density at radius 2 is 1.94 bits per heavy atom. The molecule has 1 heterocycles. The molecule has 1 aromatic carbocycles. The summed E-state index contributed by atoms with van der Waals surface area (Å²) in [5.41, 5.74) is 8.23. The summed E-state index contributed by atoms with van der Waals surface area (Å²) in [6, 6.07) is 10.6. The number of hydrogen-bond acceptors (Lipinski definition) is 3. The van der Waals surface area contributed by atoms with Crippen molar-refractivity contribution >= 4 is 16.5 Å². The number of hydrogen-bond donors (Lipinski definition) is 1. The van der Waals surface area contributed by atoms with E-state index in [9.17, 15) is 0 Å². The zero-order chi connectivity index (χ0) is 11.4. The predicted octanol–water partition coefficient (Wildman–Crippen LogP) is 3.21. The van der Waals surface area contributed by atoms with Gasteiger partial charge in [-0.3, -0.25) is 0 Å². The van der Waals surface area contributed by atoms with E-state index >= 15 is 0 Å². The van der Waals surface area contributed by atoms with Crippen molar-refractivity contribution in [1.82, 2.24) is 4.98 Å². The molecule has 16 heavy (non-hydrogen) atoms. The van der Waals surface area contributed by atoms with Crippen LogP contribution < -0.4 is 5.73 Å². The average molecular weight is 232 g/mol. The normalized spacial score (nSPS) is 10.6. The van der Waals surface area contributed by atoms with Crippen molar-refractivity contribution in [1.29, 1.82) is 0 Å². The van der Waals surface area contributed by atoms with E-state index in [1.807, 2.05) is 0 Å². The van der Waals surface area contributed by atoms with Gasteiger partial charge in [0.25, 0.3) is 0 Å². The average Bonchev–Trinajstić information content (AvgIpc) is 2.59. The molecule has 0 amide bonds. The highest BCUT2D eigenvalue weighted by Crippen LogP contribution is 2.20. The summed E-state index contributed by atoms with van der Waals surface area (Å²) in [6.07, 6.45) is 3.26. The number of nitrogens with zero attached hydrogens (tertiary/aromatic N) is 1. The van der Waals surface area contributed by atoms with Crippen LogP contribution in [0.3, 0.4) is 0 Å². The zero-order valence-electron chi connectivity index (χ0n) is 9.44. The van der Waals surface area contributed by atoms with Gasteiger partial charge < -0.3 is 5.73 Å². The first-order valence-corrected chi connectivity index (χ1v) is 6.33. The van der Waals surface area contributed by atoms with E-state index in [1.54, 1.807) is 11.3 Å². The molecule has 2 rings (SSSR count). The zero-order valence-corrected chi connectivity index (χ0v) is 10.3. The van der Waals surface area contributed by atoms with Crippen molar-refractivity contribution in [2.24, 2.45) is 0 Å². The third-order valence-electron chi connectivity index (χ3n) is 2.63. The van der Waals surface area contributed by atoms with Crippen molar-refractivity contribution in [2.75, 3.05) is 5.73 Å². The number of nitrogens with two attached hydrogens (primary N) is 1. The molecule has 0 aliphatic rings. The molecule has 2 N–H and O–H groups in total. The van der Waals surface area contributed by atoms with Crippen LogP contribution in [0, 0.1) is 6.92 Å². The van der Waals surface area contributed by atoms with Crippen LogP contribution in [-0.2, 0) is 12.8 Å². The summed E-state index contributed by atoms with van der Waals surface area (Å²) >= 11 is 1.58. The van der Waals surface area contributed by atoms with Crippen LogP contribution in [0.15, 0.2) is 30.3 Å². The van der Waals surface area contributed by atoms with Crippen molar-refractivity contribution < 1.29 is 0 Å². The molecule has 0 unspecified atom stereocenters. The van der Waals surface area contributed by atoms with E-state index < -0.39 is 0 Å². The second-order valence-corrected chi connectivity index (χ2v) is 5.13. The maximum Gasteiger partial charge on any atom is 0.180 e.